The van der Waals surface area contributed by atoms with E-state index >= 15 is 0 Å². The summed E-state index contributed by atoms with van der Waals surface area (Å²) in [6, 6.07) is 8.62. The number of hydrogen-bond acceptors (Lipinski definition) is 3. The molecule has 0 saturated carbocycles. The summed E-state index contributed by atoms with van der Waals surface area (Å²) in [5.74, 6) is -0.269. The molecule has 23 heavy (non-hydrogen) atoms. The second-order valence-corrected chi connectivity index (χ2v) is 5.20. The molecular formula is C18H18F2N2O. The summed E-state index contributed by atoms with van der Waals surface area (Å²) in [6.07, 6.45) is 1.58. The first kappa shape index (κ1) is 16.9. The van der Waals surface area contributed by atoms with Crippen molar-refractivity contribution < 1.29 is 13.5 Å². The molecule has 3 nitrogen and oxygen atoms in total. The van der Waals surface area contributed by atoms with E-state index < -0.39 is 5.82 Å². The van der Waals surface area contributed by atoms with E-state index in [1.165, 1.54) is 24.3 Å². The van der Waals surface area contributed by atoms with Crippen LogP contribution in [0.25, 0.3) is 11.1 Å². The van der Waals surface area contributed by atoms with E-state index in [-0.39, 0.29) is 11.4 Å². The third kappa shape index (κ3) is 3.85. The minimum atomic E-state index is -0.489. The lowest BCUT2D eigenvalue weighted by Crippen LogP contribution is -2.10. The minimum Gasteiger partial charge on any atom is -0.493 e. The van der Waals surface area contributed by atoms with Gasteiger partial charge >= 0.3 is 0 Å². The number of benzene rings is 2. The van der Waals surface area contributed by atoms with Gasteiger partial charge in [-0.15, -0.1) is 0 Å². The van der Waals surface area contributed by atoms with Gasteiger partial charge in [0.05, 0.1) is 18.2 Å². The Morgan fingerprint density at radius 3 is 2.52 bits per heavy atom. The molecule has 0 fully saturated rings. The Balaban J connectivity index is 0.000000595. The van der Waals surface area contributed by atoms with Crippen molar-refractivity contribution in [3.63, 3.8) is 0 Å². The van der Waals surface area contributed by atoms with Gasteiger partial charge in [-0.3, -0.25) is 0 Å². The normalized spacial score (nSPS) is 12.3. The monoisotopic (exact) mass is 316 g/mol. The number of aryl methyl sites for hydroxylation is 1. The molecule has 0 aliphatic carbocycles. The van der Waals surface area contributed by atoms with Gasteiger partial charge < -0.3 is 10.1 Å². The van der Waals surface area contributed by atoms with Crippen LogP contribution >= 0.6 is 0 Å². The molecule has 0 aromatic heterocycles. The molecule has 1 aliphatic rings. The predicted molar refractivity (Wildman–Crippen MR) is 85.3 cm³/mol. The van der Waals surface area contributed by atoms with Gasteiger partial charge in [0.15, 0.2) is 0 Å². The maximum Gasteiger partial charge on any atom is 0.130 e. The van der Waals surface area contributed by atoms with Crippen LogP contribution < -0.4 is 10.1 Å². The fraction of sp³-hybridized carbons (Fsp3) is 0.278. The molecule has 0 spiro atoms. The van der Waals surface area contributed by atoms with Crippen molar-refractivity contribution in [2.45, 2.75) is 12.8 Å². The highest BCUT2D eigenvalue weighted by atomic mass is 19.1. The number of nitriles is 1. The van der Waals surface area contributed by atoms with Crippen LogP contribution in [-0.4, -0.2) is 20.7 Å². The largest absolute Gasteiger partial charge is 0.493 e. The van der Waals surface area contributed by atoms with Crippen LogP contribution in [0.1, 0.15) is 17.5 Å². The first-order valence-electron chi connectivity index (χ1n) is 7.34. The first-order chi connectivity index (χ1) is 11.1. The van der Waals surface area contributed by atoms with Gasteiger partial charge in [0.2, 0.25) is 0 Å². The molecule has 0 saturated heterocycles. The topological polar surface area (TPSA) is 45.0 Å². The molecule has 5 heteroatoms. The van der Waals surface area contributed by atoms with E-state index in [1.807, 2.05) is 20.2 Å². The zero-order valence-electron chi connectivity index (χ0n) is 13.1. The maximum atomic E-state index is 13.7. The lowest BCUT2D eigenvalue weighted by Gasteiger charge is -2.21. The Kier molecular flexibility index (Phi) is 5.67. The molecule has 0 atom stereocenters. The number of halogens is 2. The van der Waals surface area contributed by atoms with Crippen molar-refractivity contribution in [2.24, 2.45) is 0 Å². The summed E-state index contributed by atoms with van der Waals surface area (Å²) < 4.78 is 32.6. The van der Waals surface area contributed by atoms with Crippen molar-refractivity contribution in [2.75, 3.05) is 20.7 Å². The van der Waals surface area contributed by atoms with Crippen LogP contribution in [0.2, 0.25) is 0 Å². The van der Waals surface area contributed by atoms with Gasteiger partial charge in [0.25, 0.3) is 0 Å². The van der Waals surface area contributed by atoms with E-state index in [2.05, 4.69) is 5.32 Å². The lowest BCUT2D eigenvalue weighted by atomic mass is 9.94. The van der Waals surface area contributed by atoms with E-state index in [0.717, 1.165) is 24.5 Å². The average Bonchev–Trinajstić information content (AvgIpc) is 2.54. The molecule has 1 aliphatic heterocycles. The summed E-state index contributed by atoms with van der Waals surface area (Å²) in [7, 11) is 3.75. The number of ether oxygens (including phenoxy) is 1. The van der Waals surface area contributed by atoms with Gasteiger partial charge in [-0.05, 0) is 56.8 Å². The average molecular weight is 316 g/mol. The van der Waals surface area contributed by atoms with Gasteiger partial charge in [0.1, 0.15) is 17.4 Å². The second-order valence-electron chi connectivity index (χ2n) is 5.20. The molecule has 3 rings (SSSR count). The number of hydrogen-bond donors (Lipinski definition) is 1. The fourth-order valence-electron chi connectivity index (χ4n) is 2.49. The first-order valence-corrected chi connectivity index (χ1v) is 7.34. The molecule has 2 aromatic carbocycles. The van der Waals surface area contributed by atoms with Crippen LogP contribution in [0.3, 0.4) is 0 Å². The van der Waals surface area contributed by atoms with Gasteiger partial charge in [0, 0.05) is 11.1 Å². The standard InChI is InChI=1S/C16H11F2NO.C2H7N/c17-12-3-4-14(11(7-12)9-19)15-8-13(18)6-10-2-1-5-20-16(10)15;1-3-2/h3-4,6-8H,1-2,5H2;3H,1-2H3. The van der Waals surface area contributed by atoms with Crippen molar-refractivity contribution in [3.05, 3.63) is 53.1 Å². The van der Waals surface area contributed by atoms with Gasteiger partial charge in [-0.2, -0.15) is 5.26 Å². The highest BCUT2D eigenvalue weighted by Gasteiger charge is 2.19. The Bertz CT molecular complexity index is 739. The molecule has 0 bridgehead atoms. The van der Waals surface area contributed by atoms with E-state index in [0.29, 0.717) is 23.5 Å². The van der Waals surface area contributed by atoms with Crippen molar-refractivity contribution in [1.82, 2.24) is 5.32 Å². The number of nitrogens with zero attached hydrogens (tertiary/aromatic N) is 1. The van der Waals surface area contributed by atoms with E-state index in [1.54, 1.807) is 0 Å². The van der Waals surface area contributed by atoms with Crippen LogP contribution in [0.5, 0.6) is 5.75 Å². The molecule has 1 N–H and O–H groups in total. The summed E-state index contributed by atoms with van der Waals surface area (Å²) in [5, 5.41) is 11.9. The molecule has 2 aromatic rings. The summed E-state index contributed by atoms with van der Waals surface area (Å²) in [4.78, 5) is 0. The van der Waals surface area contributed by atoms with Crippen molar-refractivity contribution in [1.29, 1.82) is 5.26 Å². The molecule has 0 radical (unpaired) electrons. The number of rotatable bonds is 1. The second kappa shape index (κ2) is 7.70. The number of nitrogens with one attached hydrogen (secondary N) is 1. The van der Waals surface area contributed by atoms with Gasteiger partial charge in [-0.25, -0.2) is 8.78 Å². The van der Waals surface area contributed by atoms with E-state index in [9.17, 15) is 8.78 Å². The van der Waals surface area contributed by atoms with Crippen LogP contribution in [0.15, 0.2) is 30.3 Å². The molecule has 120 valence electrons. The van der Waals surface area contributed by atoms with Crippen LogP contribution in [0.4, 0.5) is 8.78 Å². The van der Waals surface area contributed by atoms with E-state index in [4.69, 9.17) is 10.00 Å². The molecule has 0 amide bonds. The third-order valence-corrected chi connectivity index (χ3v) is 3.36. The summed E-state index contributed by atoms with van der Waals surface area (Å²) >= 11 is 0. The van der Waals surface area contributed by atoms with Crippen molar-refractivity contribution in [3.8, 4) is 22.9 Å². The smallest absolute Gasteiger partial charge is 0.130 e. The summed E-state index contributed by atoms with van der Waals surface area (Å²) in [6.45, 7) is 0.564. The third-order valence-electron chi connectivity index (χ3n) is 3.36. The highest BCUT2D eigenvalue weighted by molar-refractivity contribution is 5.77. The SMILES string of the molecule is CNC.N#Cc1cc(F)ccc1-c1cc(F)cc2c1OCCC2. The Labute approximate surface area is 134 Å². The lowest BCUT2D eigenvalue weighted by molar-refractivity contribution is 0.289. The quantitative estimate of drug-likeness (QED) is 0.873. The summed E-state index contributed by atoms with van der Waals surface area (Å²) in [5.41, 5.74) is 1.97. The van der Waals surface area contributed by atoms with Crippen LogP contribution in [-0.2, 0) is 6.42 Å². The highest BCUT2D eigenvalue weighted by Crippen LogP contribution is 2.38. The van der Waals surface area contributed by atoms with Crippen LogP contribution in [0, 0.1) is 23.0 Å². The molecule has 0 unspecified atom stereocenters. The Morgan fingerprint density at radius 1 is 1.09 bits per heavy atom. The predicted octanol–water partition coefficient (Wildman–Crippen LogP) is 3.66. The Morgan fingerprint density at radius 2 is 1.83 bits per heavy atom. The minimum absolute atomic E-state index is 0.173. The molecule has 1 heterocycles. The fourth-order valence-corrected chi connectivity index (χ4v) is 2.49. The zero-order chi connectivity index (χ0) is 16.8. The maximum absolute atomic E-state index is 13.7. The zero-order valence-corrected chi connectivity index (χ0v) is 13.1. The number of fused-ring (bicyclic) bond motifs is 1. The Hall–Kier alpha value is -2.45. The molecular weight excluding hydrogens is 298 g/mol. The van der Waals surface area contributed by atoms with Gasteiger partial charge in [-0.1, -0.05) is 6.07 Å². The van der Waals surface area contributed by atoms with Crippen molar-refractivity contribution >= 4 is 0 Å².